The maximum Gasteiger partial charge on any atom is 0.306 e. The van der Waals surface area contributed by atoms with Gasteiger partial charge in [0, 0.05) is 27.9 Å². The number of sulfonamides is 1. The molecule has 1 aromatic heterocycles. The Kier molecular flexibility index (Phi) is 39.7. The molecule has 1 heterocycles. The fourth-order valence-corrected chi connectivity index (χ4v) is 9.69. The van der Waals surface area contributed by atoms with E-state index in [-0.39, 0.29) is 37.3 Å². The SMILES string of the molecule is CCCCCCCCC(CC)OC(=O)CCCCCCCN(CCCCCCCC(=O)OC(CCCCCCCC)CCCCCCCC)CCCNS(=O)(=O)c1ccnn1COC.[HH]. The maximum absolute atomic E-state index is 13.0. The summed E-state index contributed by atoms with van der Waals surface area (Å²) in [6.07, 6.45) is 40.2. The van der Waals surface area contributed by atoms with Gasteiger partial charge in [-0.05, 0) is 103 Å². The van der Waals surface area contributed by atoms with Crippen molar-refractivity contribution in [2.75, 3.05) is 33.3 Å². The van der Waals surface area contributed by atoms with E-state index in [4.69, 9.17) is 14.2 Å². The zero-order chi connectivity index (χ0) is 46.8. The second kappa shape index (κ2) is 42.3. The topological polar surface area (TPSA) is 129 Å². The van der Waals surface area contributed by atoms with Crippen molar-refractivity contribution in [2.24, 2.45) is 0 Å². The van der Waals surface area contributed by atoms with Crippen LogP contribution >= 0.6 is 0 Å². The number of methoxy groups -OCH3 is 1. The van der Waals surface area contributed by atoms with Crippen molar-refractivity contribution in [3.8, 4) is 0 Å². The number of rotatable bonds is 48. The number of esters is 2. The molecule has 1 aromatic rings. The highest BCUT2D eigenvalue weighted by molar-refractivity contribution is 7.89. The summed E-state index contributed by atoms with van der Waals surface area (Å²) in [5, 5.41) is 4.17. The summed E-state index contributed by atoms with van der Waals surface area (Å²) in [6, 6.07) is 1.49. The van der Waals surface area contributed by atoms with E-state index in [0.29, 0.717) is 25.8 Å². The molecule has 0 fully saturated rings. The lowest BCUT2D eigenvalue weighted by molar-refractivity contribution is -0.150. The number of ether oxygens (including phenoxy) is 3. The molecule has 0 saturated heterocycles. The molecule has 1 rings (SSSR count). The van der Waals surface area contributed by atoms with Gasteiger partial charge in [0.1, 0.15) is 18.9 Å². The van der Waals surface area contributed by atoms with E-state index in [9.17, 15) is 18.0 Å². The molecule has 0 amide bonds. The first kappa shape index (κ1) is 60.0. The summed E-state index contributed by atoms with van der Waals surface area (Å²) >= 11 is 0. The molecule has 1 unspecified atom stereocenters. The molecule has 0 aliphatic heterocycles. The van der Waals surface area contributed by atoms with Crippen LogP contribution in [0.4, 0.5) is 0 Å². The van der Waals surface area contributed by atoms with Gasteiger partial charge < -0.3 is 19.1 Å². The average molecular weight is 927 g/mol. The first-order valence-electron chi connectivity index (χ1n) is 26.8. The Bertz CT molecular complexity index is 1320. The van der Waals surface area contributed by atoms with Gasteiger partial charge in [-0.2, -0.15) is 5.10 Å². The highest BCUT2D eigenvalue weighted by atomic mass is 32.2. The molecule has 0 aliphatic rings. The molecule has 0 radical (unpaired) electrons. The van der Waals surface area contributed by atoms with Gasteiger partial charge in [-0.3, -0.25) is 9.59 Å². The van der Waals surface area contributed by atoms with Gasteiger partial charge in [-0.25, -0.2) is 17.8 Å². The smallest absolute Gasteiger partial charge is 0.306 e. The van der Waals surface area contributed by atoms with Gasteiger partial charge in [0.05, 0.1) is 6.20 Å². The lowest BCUT2D eigenvalue weighted by atomic mass is 10.0. The van der Waals surface area contributed by atoms with Crippen LogP contribution in [0.2, 0.25) is 0 Å². The van der Waals surface area contributed by atoms with Crippen molar-refractivity contribution < 1.29 is 33.6 Å². The van der Waals surface area contributed by atoms with Crippen molar-refractivity contribution in [2.45, 2.75) is 276 Å². The normalized spacial score (nSPS) is 12.4. The molecule has 0 spiro atoms. The second-order valence-electron chi connectivity index (χ2n) is 18.5. The number of hydrogen-bond acceptors (Lipinski definition) is 9. The Labute approximate surface area is 395 Å². The van der Waals surface area contributed by atoms with Gasteiger partial charge in [-0.15, -0.1) is 0 Å². The standard InChI is InChI=1S/C52H100N4O7S.H2/c1-6-10-13-16-21-28-36-48(9-4)62-51(57)39-31-24-19-26-33-44-55(46-35-42-54-64(59,60)50-41-43-53-56(50)47-61-5)45-34-27-20-25-32-40-52(58)63-49(37-29-22-17-14-11-7-2)38-30-23-18-15-12-8-3;/h41,43,48-49,54H,6-40,42,44-47H2,1-5H3;1H. The number of aromatic nitrogens is 2. The van der Waals surface area contributed by atoms with Crippen LogP contribution in [0.3, 0.4) is 0 Å². The number of nitrogens with zero attached hydrogens (tertiary/aromatic N) is 3. The van der Waals surface area contributed by atoms with Crippen LogP contribution in [-0.2, 0) is 40.6 Å². The zero-order valence-corrected chi connectivity index (χ0v) is 43.0. The number of carbonyl (C=O) groups excluding carboxylic acids is 2. The number of unbranched alkanes of at least 4 members (excludes halogenated alkanes) is 23. The minimum absolute atomic E-state index is 0. The fourth-order valence-electron chi connectivity index (χ4n) is 8.51. The summed E-state index contributed by atoms with van der Waals surface area (Å²) in [5.74, 6) is -0.0650. The van der Waals surface area contributed by atoms with E-state index in [1.165, 1.54) is 120 Å². The van der Waals surface area contributed by atoms with E-state index >= 15 is 0 Å². The highest BCUT2D eigenvalue weighted by Crippen LogP contribution is 2.19. The Morgan fingerprint density at radius 2 is 1.00 bits per heavy atom. The van der Waals surface area contributed by atoms with E-state index in [2.05, 4.69) is 42.4 Å². The zero-order valence-electron chi connectivity index (χ0n) is 42.2. The molecule has 378 valence electrons. The van der Waals surface area contributed by atoms with Crippen LogP contribution in [0.25, 0.3) is 0 Å². The lowest BCUT2D eigenvalue weighted by Gasteiger charge is -2.22. The van der Waals surface area contributed by atoms with E-state index in [1.807, 2.05) is 0 Å². The van der Waals surface area contributed by atoms with Crippen molar-refractivity contribution in [1.29, 1.82) is 0 Å². The Morgan fingerprint density at radius 3 is 1.47 bits per heavy atom. The van der Waals surface area contributed by atoms with Crippen molar-refractivity contribution in [3.63, 3.8) is 0 Å². The number of hydrogen-bond donors (Lipinski definition) is 1. The van der Waals surface area contributed by atoms with Gasteiger partial charge in [0.2, 0.25) is 0 Å². The number of nitrogens with one attached hydrogen (secondary N) is 1. The first-order valence-corrected chi connectivity index (χ1v) is 28.3. The van der Waals surface area contributed by atoms with E-state index < -0.39 is 10.0 Å². The summed E-state index contributed by atoms with van der Waals surface area (Å²) in [5.41, 5.74) is 0. The average Bonchev–Trinajstić information content (AvgIpc) is 3.76. The molecule has 1 atom stereocenters. The molecule has 0 bridgehead atoms. The minimum Gasteiger partial charge on any atom is -0.462 e. The van der Waals surface area contributed by atoms with Crippen LogP contribution in [0.5, 0.6) is 0 Å². The molecule has 0 aromatic carbocycles. The largest absolute Gasteiger partial charge is 0.462 e. The quantitative estimate of drug-likeness (QED) is 0.0501. The van der Waals surface area contributed by atoms with E-state index in [0.717, 1.165) is 129 Å². The third kappa shape index (κ3) is 33.4. The monoisotopic (exact) mass is 927 g/mol. The van der Waals surface area contributed by atoms with Crippen molar-refractivity contribution in [1.82, 2.24) is 19.4 Å². The Hall–Kier alpha value is -2.02. The molecule has 1 N–H and O–H groups in total. The third-order valence-corrected chi connectivity index (χ3v) is 14.0. The van der Waals surface area contributed by atoms with Crippen LogP contribution in [0, 0.1) is 0 Å². The summed E-state index contributed by atoms with van der Waals surface area (Å²) in [4.78, 5) is 27.9. The molecule has 0 aliphatic carbocycles. The van der Waals surface area contributed by atoms with Crippen LogP contribution in [0.15, 0.2) is 17.3 Å². The summed E-state index contributed by atoms with van der Waals surface area (Å²) < 4.78 is 47.0. The number of carbonyl (C=O) groups is 2. The molecule has 11 nitrogen and oxygen atoms in total. The predicted molar refractivity (Wildman–Crippen MR) is 267 cm³/mol. The van der Waals surface area contributed by atoms with Crippen molar-refractivity contribution >= 4 is 22.0 Å². The van der Waals surface area contributed by atoms with Crippen LogP contribution in [0.1, 0.15) is 254 Å². The lowest BCUT2D eigenvalue weighted by Crippen LogP contribution is -2.32. The maximum atomic E-state index is 13.0. The van der Waals surface area contributed by atoms with Gasteiger partial charge in [0.15, 0.2) is 5.03 Å². The molecular formula is C52H102N4O7S. The minimum atomic E-state index is -3.69. The summed E-state index contributed by atoms with van der Waals surface area (Å²) in [6.45, 7) is 12.0. The highest BCUT2D eigenvalue weighted by Gasteiger charge is 2.19. The van der Waals surface area contributed by atoms with E-state index in [1.54, 1.807) is 0 Å². The Morgan fingerprint density at radius 1 is 0.594 bits per heavy atom. The van der Waals surface area contributed by atoms with Gasteiger partial charge >= 0.3 is 11.9 Å². The van der Waals surface area contributed by atoms with Crippen LogP contribution in [-0.4, -0.2) is 80.5 Å². The fraction of sp³-hybridized carbons (Fsp3) is 0.904. The summed E-state index contributed by atoms with van der Waals surface area (Å²) in [7, 11) is -2.18. The first-order chi connectivity index (χ1) is 31.2. The second-order valence-corrected chi connectivity index (χ2v) is 20.2. The van der Waals surface area contributed by atoms with Gasteiger partial charge in [0.25, 0.3) is 10.0 Å². The predicted octanol–water partition coefficient (Wildman–Crippen LogP) is 13.9. The van der Waals surface area contributed by atoms with Gasteiger partial charge in [-0.1, -0.05) is 163 Å². The van der Waals surface area contributed by atoms with Crippen LogP contribution < -0.4 is 4.72 Å². The molecule has 0 saturated carbocycles. The molecular weight excluding hydrogens is 825 g/mol. The molecule has 12 heteroatoms. The third-order valence-electron chi connectivity index (χ3n) is 12.5. The van der Waals surface area contributed by atoms with Crippen molar-refractivity contribution in [3.05, 3.63) is 12.3 Å². The molecule has 64 heavy (non-hydrogen) atoms. The Balaban J connectivity index is 0.0000410.